The molecule has 0 radical (unpaired) electrons. The van der Waals surface area contributed by atoms with Crippen LogP contribution in [-0.2, 0) is 4.74 Å². The molecule has 0 aromatic carbocycles. The summed E-state index contributed by atoms with van der Waals surface area (Å²) >= 11 is 0. The third-order valence-electron chi connectivity index (χ3n) is 4.75. The number of alkyl halides is 3. The fraction of sp³-hybridized carbons (Fsp3) is 1.00. The Bertz CT molecular complexity index is 304. The first-order valence-electron chi connectivity index (χ1n) is 8.06. The molecule has 2 rings (SSSR count). The molecule has 2 aliphatic rings. The van der Waals surface area contributed by atoms with Gasteiger partial charge in [0.05, 0.1) is 12.5 Å². The number of nitrogens with zero attached hydrogens (tertiary/aromatic N) is 1. The van der Waals surface area contributed by atoms with Gasteiger partial charge in [0, 0.05) is 25.7 Å². The Hall–Kier alpha value is -0.330. The maximum absolute atomic E-state index is 12.2. The fourth-order valence-corrected chi connectivity index (χ4v) is 3.48. The van der Waals surface area contributed by atoms with Crippen molar-refractivity contribution in [2.75, 3.05) is 26.7 Å². The van der Waals surface area contributed by atoms with Gasteiger partial charge < -0.3 is 15.0 Å². The first-order chi connectivity index (χ1) is 9.98. The number of rotatable bonds is 5. The van der Waals surface area contributed by atoms with Gasteiger partial charge in [0.1, 0.15) is 0 Å². The SMILES string of the molecule is CO[C@@H]1CCCC[C@@H]1NC1CCN(CCC(F)(F)F)CC1. The quantitative estimate of drug-likeness (QED) is 0.845. The smallest absolute Gasteiger partial charge is 0.380 e. The molecule has 1 N–H and O–H groups in total. The van der Waals surface area contributed by atoms with Gasteiger partial charge in [-0.05, 0) is 38.8 Å². The largest absolute Gasteiger partial charge is 0.390 e. The summed E-state index contributed by atoms with van der Waals surface area (Å²) < 4.78 is 42.2. The second kappa shape index (κ2) is 7.79. The van der Waals surface area contributed by atoms with Gasteiger partial charge in [0.2, 0.25) is 0 Å². The minimum Gasteiger partial charge on any atom is -0.380 e. The second-order valence-electron chi connectivity index (χ2n) is 6.31. The highest BCUT2D eigenvalue weighted by Crippen LogP contribution is 2.24. The summed E-state index contributed by atoms with van der Waals surface area (Å²) in [6.07, 6.45) is 2.15. The summed E-state index contributed by atoms with van der Waals surface area (Å²) in [5.41, 5.74) is 0. The monoisotopic (exact) mass is 308 g/mol. The van der Waals surface area contributed by atoms with Crippen LogP contribution in [0.3, 0.4) is 0 Å². The topological polar surface area (TPSA) is 24.5 Å². The molecule has 1 saturated heterocycles. The molecule has 6 heteroatoms. The van der Waals surface area contributed by atoms with E-state index >= 15 is 0 Å². The number of likely N-dealkylation sites (tertiary alicyclic amines) is 1. The van der Waals surface area contributed by atoms with Crippen molar-refractivity contribution in [3.05, 3.63) is 0 Å². The van der Waals surface area contributed by atoms with Gasteiger partial charge >= 0.3 is 6.18 Å². The van der Waals surface area contributed by atoms with Crippen LogP contribution in [0, 0.1) is 0 Å². The van der Waals surface area contributed by atoms with Crippen molar-refractivity contribution in [1.82, 2.24) is 10.2 Å². The van der Waals surface area contributed by atoms with Crippen LogP contribution in [0.25, 0.3) is 0 Å². The van der Waals surface area contributed by atoms with Crippen LogP contribution in [0.1, 0.15) is 44.9 Å². The molecule has 0 amide bonds. The summed E-state index contributed by atoms with van der Waals surface area (Å²) in [7, 11) is 1.77. The standard InChI is InChI=1S/C15H27F3N2O/c1-21-14-5-3-2-4-13(14)19-12-6-9-20(10-7-12)11-8-15(16,17)18/h12-14,19H,2-11H2,1H3/t13-,14+/m0/s1. The highest BCUT2D eigenvalue weighted by atomic mass is 19.4. The maximum Gasteiger partial charge on any atom is 0.390 e. The Morgan fingerprint density at radius 1 is 1.10 bits per heavy atom. The Balaban J connectivity index is 1.69. The zero-order valence-corrected chi connectivity index (χ0v) is 12.8. The lowest BCUT2D eigenvalue weighted by Gasteiger charge is -2.38. The van der Waals surface area contributed by atoms with E-state index in [4.69, 9.17) is 4.74 Å². The number of halogens is 3. The average molecular weight is 308 g/mol. The molecule has 1 heterocycles. The molecule has 2 fully saturated rings. The van der Waals surface area contributed by atoms with E-state index in [1.807, 2.05) is 4.90 Å². The van der Waals surface area contributed by atoms with Crippen molar-refractivity contribution in [2.24, 2.45) is 0 Å². The van der Waals surface area contributed by atoms with Gasteiger partial charge in [-0.2, -0.15) is 13.2 Å². The first kappa shape index (κ1) is 17.0. The van der Waals surface area contributed by atoms with Gasteiger partial charge in [-0.1, -0.05) is 12.8 Å². The molecule has 1 aliphatic carbocycles. The molecule has 0 aromatic heterocycles. The van der Waals surface area contributed by atoms with Crippen LogP contribution < -0.4 is 5.32 Å². The third kappa shape index (κ3) is 5.75. The van der Waals surface area contributed by atoms with Crippen molar-refractivity contribution in [2.45, 2.75) is 69.3 Å². The highest BCUT2D eigenvalue weighted by Gasteiger charge is 2.31. The average Bonchev–Trinajstić information content (AvgIpc) is 2.46. The number of hydrogen-bond acceptors (Lipinski definition) is 3. The second-order valence-corrected chi connectivity index (χ2v) is 6.31. The van der Waals surface area contributed by atoms with Crippen LogP contribution in [-0.4, -0.2) is 56.0 Å². The number of hydrogen-bond donors (Lipinski definition) is 1. The van der Waals surface area contributed by atoms with Gasteiger partial charge in [-0.3, -0.25) is 0 Å². The molecular weight excluding hydrogens is 281 g/mol. The van der Waals surface area contributed by atoms with Gasteiger partial charge in [-0.15, -0.1) is 0 Å². The van der Waals surface area contributed by atoms with Gasteiger partial charge in [0.15, 0.2) is 0 Å². The molecule has 0 unspecified atom stereocenters. The Kier molecular flexibility index (Phi) is 6.32. The minimum atomic E-state index is -4.04. The summed E-state index contributed by atoms with van der Waals surface area (Å²) in [5, 5.41) is 3.68. The van der Waals surface area contributed by atoms with Crippen molar-refractivity contribution >= 4 is 0 Å². The van der Waals surface area contributed by atoms with Gasteiger partial charge in [-0.25, -0.2) is 0 Å². The van der Waals surface area contributed by atoms with Crippen LogP contribution in [0.5, 0.6) is 0 Å². The van der Waals surface area contributed by atoms with E-state index in [1.54, 1.807) is 7.11 Å². The number of ether oxygens (including phenoxy) is 1. The maximum atomic E-state index is 12.2. The van der Waals surface area contributed by atoms with Crippen molar-refractivity contribution in [1.29, 1.82) is 0 Å². The summed E-state index contributed by atoms with van der Waals surface area (Å²) in [6, 6.07) is 0.836. The lowest BCUT2D eigenvalue weighted by Crippen LogP contribution is -2.51. The Labute approximate surface area is 125 Å². The Morgan fingerprint density at radius 3 is 2.38 bits per heavy atom. The zero-order valence-electron chi connectivity index (χ0n) is 12.8. The van der Waals surface area contributed by atoms with E-state index in [1.165, 1.54) is 12.8 Å². The number of piperidine rings is 1. The molecule has 1 aliphatic heterocycles. The molecule has 2 atom stereocenters. The summed E-state index contributed by atoms with van der Waals surface area (Å²) in [6.45, 7) is 1.66. The molecular formula is C15H27F3N2O. The van der Waals surface area contributed by atoms with Crippen LogP contribution in [0.2, 0.25) is 0 Å². The predicted molar refractivity (Wildman–Crippen MR) is 76.3 cm³/mol. The highest BCUT2D eigenvalue weighted by molar-refractivity contribution is 4.87. The van der Waals surface area contributed by atoms with E-state index in [0.717, 1.165) is 38.8 Å². The Morgan fingerprint density at radius 2 is 1.76 bits per heavy atom. The summed E-state index contributed by atoms with van der Waals surface area (Å²) in [5.74, 6) is 0. The molecule has 3 nitrogen and oxygen atoms in total. The number of nitrogens with one attached hydrogen (secondary N) is 1. The molecule has 0 bridgehead atoms. The zero-order chi connectivity index (χ0) is 15.3. The van der Waals surface area contributed by atoms with E-state index in [0.29, 0.717) is 18.2 Å². The lowest BCUT2D eigenvalue weighted by molar-refractivity contribution is -0.138. The normalized spacial score (nSPS) is 29.7. The first-order valence-corrected chi connectivity index (χ1v) is 8.06. The van der Waals surface area contributed by atoms with Gasteiger partial charge in [0.25, 0.3) is 0 Å². The molecule has 124 valence electrons. The molecule has 21 heavy (non-hydrogen) atoms. The molecule has 1 saturated carbocycles. The van der Waals surface area contributed by atoms with Crippen LogP contribution >= 0.6 is 0 Å². The number of methoxy groups -OCH3 is 1. The van der Waals surface area contributed by atoms with Crippen molar-refractivity contribution in [3.63, 3.8) is 0 Å². The lowest BCUT2D eigenvalue weighted by atomic mass is 9.91. The van der Waals surface area contributed by atoms with E-state index < -0.39 is 12.6 Å². The summed E-state index contributed by atoms with van der Waals surface area (Å²) in [4.78, 5) is 1.93. The van der Waals surface area contributed by atoms with E-state index in [-0.39, 0.29) is 6.54 Å². The minimum absolute atomic E-state index is 0.139. The molecule has 0 aromatic rings. The van der Waals surface area contributed by atoms with Crippen molar-refractivity contribution < 1.29 is 17.9 Å². The van der Waals surface area contributed by atoms with E-state index in [2.05, 4.69) is 5.32 Å². The molecule has 0 spiro atoms. The van der Waals surface area contributed by atoms with Crippen molar-refractivity contribution in [3.8, 4) is 0 Å². The predicted octanol–water partition coefficient (Wildman–Crippen LogP) is 2.95. The van der Waals surface area contributed by atoms with E-state index in [9.17, 15) is 13.2 Å². The van der Waals surface area contributed by atoms with Crippen LogP contribution in [0.4, 0.5) is 13.2 Å². The third-order valence-corrected chi connectivity index (χ3v) is 4.75. The fourth-order valence-electron chi connectivity index (χ4n) is 3.48. The van der Waals surface area contributed by atoms with Crippen LogP contribution in [0.15, 0.2) is 0 Å².